The minimum atomic E-state index is -4.33. The van der Waals surface area contributed by atoms with E-state index in [4.69, 9.17) is 4.74 Å². The number of halogens is 3. The molecule has 0 bridgehead atoms. The summed E-state index contributed by atoms with van der Waals surface area (Å²) in [5.74, 6) is 0.420. The summed E-state index contributed by atoms with van der Waals surface area (Å²) in [7, 11) is 3.85. The molecule has 2 rings (SSSR count). The molecule has 2 nitrogen and oxygen atoms in total. The van der Waals surface area contributed by atoms with E-state index in [9.17, 15) is 13.2 Å². The first kappa shape index (κ1) is 16.4. The van der Waals surface area contributed by atoms with Crippen molar-refractivity contribution in [2.24, 2.45) is 0 Å². The van der Waals surface area contributed by atoms with Crippen molar-refractivity contribution in [1.82, 2.24) is 4.90 Å². The molecule has 1 atom stereocenters. The van der Waals surface area contributed by atoms with Crippen LogP contribution in [0.2, 0.25) is 0 Å². The minimum Gasteiger partial charge on any atom is -0.484 e. The van der Waals surface area contributed by atoms with Crippen LogP contribution >= 0.6 is 0 Å². The molecule has 0 aliphatic heterocycles. The van der Waals surface area contributed by atoms with Gasteiger partial charge in [0.25, 0.3) is 0 Å². The topological polar surface area (TPSA) is 12.5 Å². The largest absolute Gasteiger partial charge is 0.484 e. The normalized spacial score (nSPS) is 13.2. The van der Waals surface area contributed by atoms with Gasteiger partial charge in [0.05, 0.1) is 5.56 Å². The summed E-state index contributed by atoms with van der Waals surface area (Å²) < 4.78 is 43.6. The van der Waals surface area contributed by atoms with Crippen LogP contribution in [0.15, 0.2) is 54.6 Å². The van der Waals surface area contributed by atoms with Crippen molar-refractivity contribution in [2.45, 2.75) is 12.3 Å². The van der Waals surface area contributed by atoms with Gasteiger partial charge in [-0.05, 0) is 43.9 Å². The van der Waals surface area contributed by atoms with Gasteiger partial charge in [0, 0.05) is 6.54 Å². The Balaban J connectivity index is 2.17. The van der Waals surface area contributed by atoms with Crippen LogP contribution in [0.3, 0.4) is 0 Å². The van der Waals surface area contributed by atoms with E-state index < -0.39 is 11.7 Å². The van der Waals surface area contributed by atoms with Crippen molar-refractivity contribution >= 4 is 0 Å². The van der Waals surface area contributed by atoms with Gasteiger partial charge < -0.3 is 9.64 Å². The molecule has 0 aliphatic rings. The van der Waals surface area contributed by atoms with Gasteiger partial charge in [0.1, 0.15) is 11.9 Å². The maximum atomic E-state index is 12.6. The zero-order valence-corrected chi connectivity index (χ0v) is 12.5. The van der Waals surface area contributed by atoms with Gasteiger partial charge in [-0.25, -0.2) is 0 Å². The Hall–Kier alpha value is -2.01. The van der Waals surface area contributed by atoms with Crippen LogP contribution in [-0.2, 0) is 6.18 Å². The van der Waals surface area contributed by atoms with E-state index in [0.29, 0.717) is 12.3 Å². The van der Waals surface area contributed by atoms with E-state index in [2.05, 4.69) is 0 Å². The van der Waals surface area contributed by atoms with Gasteiger partial charge in [0.15, 0.2) is 0 Å². The lowest BCUT2D eigenvalue weighted by Crippen LogP contribution is -2.24. The van der Waals surface area contributed by atoms with E-state index >= 15 is 0 Å². The minimum absolute atomic E-state index is 0.243. The van der Waals surface area contributed by atoms with Gasteiger partial charge in [-0.15, -0.1) is 0 Å². The Kier molecular flexibility index (Phi) is 5.08. The lowest BCUT2D eigenvalue weighted by atomic mass is 10.1. The summed E-state index contributed by atoms with van der Waals surface area (Å²) in [5, 5.41) is 0. The summed E-state index contributed by atoms with van der Waals surface area (Å²) in [6, 6.07) is 14.4. The van der Waals surface area contributed by atoms with Crippen LogP contribution in [0.5, 0.6) is 5.75 Å². The van der Waals surface area contributed by atoms with E-state index in [1.807, 2.05) is 49.3 Å². The van der Waals surface area contributed by atoms with E-state index in [-0.39, 0.29) is 6.10 Å². The maximum absolute atomic E-state index is 12.6. The van der Waals surface area contributed by atoms with Gasteiger partial charge in [-0.2, -0.15) is 13.2 Å². The van der Waals surface area contributed by atoms with Crippen LogP contribution in [0.4, 0.5) is 13.2 Å². The van der Waals surface area contributed by atoms with E-state index in [1.54, 1.807) is 0 Å². The first-order valence-corrected chi connectivity index (χ1v) is 6.90. The fraction of sp³-hybridized carbons (Fsp3) is 0.294. The Labute approximate surface area is 128 Å². The molecule has 0 radical (unpaired) electrons. The van der Waals surface area contributed by atoms with Crippen LogP contribution < -0.4 is 4.74 Å². The van der Waals surface area contributed by atoms with Crippen molar-refractivity contribution in [1.29, 1.82) is 0 Å². The van der Waals surface area contributed by atoms with Gasteiger partial charge in [-0.1, -0.05) is 30.3 Å². The highest BCUT2D eigenvalue weighted by molar-refractivity contribution is 5.30. The quantitative estimate of drug-likeness (QED) is 0.812. The third kappa shape index (κ3) is 4.49. The number of alkyl halides is 3. The molecule has 0 fully saturated rings. The van der Waals surface area contributed by atoms with Crippen molar-refractivity contribution in [3.63, 3.8) is 0 Å². The number of likely N-dealkylation sites (N-methyl/N-ethyl adjacent to an activating group) is 1. The van der Waals surface area contributed by atoms with E-state index in [1.165, 1.54) is 12.1 Å². The standard InChI is InChI=1S/C17H18F3NO/c1-21(2)12-16(13-6-4-3-5-7-13)22-15-10-8-14(9-11-15)17(18,19)20/h3-11,16H,12H2,1-2H3. The van der Waals surface area contributed by atoms with Gasteiger partial charge in [-0.3, -0.25) is 0 Å². The molecule has 22 heavy (non-hydrogen) atoms. The van der Waals surface area contributed by atoms with E-state index in [0.717, 1.165) is 17.7 Å². The molecular formula is C17H18F3NO. The summed E-state index contributed by atoms with van der Waals surface area (Å²) in [5.41, 5.74) is 0.305. The molecule has 0 N–H and O–H groups in total. The summed E-state index contributed by atoms with van der Waals surface area (Å²) in [6.45, 7) is 0.630. The van der Waals surface area contributed by atoms with Crippen molar-refractivity contribution in [3.05, 3.63) is 65.7 Å². The SMILES string of the molecule is CN(C)CC(Oc1ccc(C(F)(F)F)cc1)c1ccccc1. The predicted octanol–water partition coefficient (Wildman–Crippen LogP) is 4.39. The molecule has 0 spiro atoms. The Morgan fingerprint density at radius 3 is 2.05 bits per heavy atom. The monoisotopic (exact) mass is 309 g/mol. The van der Waals surface area contributed by atoms with Crippen molar-refractivity contribution in [3.8, 4) is 5.75 Å². The molecule has 0 saturated heterocycles. The molecule has 0 saturated carbocycles. The van der Waals surface area contributed by atoms with Crippen LogP contribution in [0, 0.1) is 0 Å². The van der Waals surface area contributed by atoms with Gasteiger partial charge >= 0.3 is 6.18 Å². The third-order valence-electron chi connectivity index (χ3n) is 3.16. The number of benzene rings is 2. The number of rotatable bonds is 5. The van der Waals surface area contributed by atoms with Crippen molar-refractivity contribution in [2.75, 3.05) is 20.6 Å². The molecule has 0 aromatic heterocycles. The van der Waals surface area contributed by atoms with Crippen LogP contribution in [0.1, 0.15) is 17.2 Å². The molecule has 2 aromatic carbocycles. The Bertz CT molecular complexity index is 579. The third-order valence-corrected chi connectivity index (χ3v) is 3.16. The number of hydrogen-bond acceptors (Lipinski definition) is 2. The number of hydrogen-bond donors (Lipinski definition) is 0. The second-order valence-electron chi connectivity index (χ2n) is 5.30. The molecule has 118 valence electrons. The highest BCUT2D eigenvalue weighted by Gasteiger charge is 2.30. The Morgan fingerprint density at radius 1 is 0.955 bits per heavy atom. The number of nitrogens with zero attached hydrogens (tertiary/aromatic N) is 1. The zero-order chi connectivity index (χ0) is 16.2. The molecule has 5 heteroatoms. The summed E-state index contributed by atoms with van der Waals surface area (Å²) in [4.78, 5) is 1.97. The highest BCUT2D eigenvalue weighted by Crippen LogP contribution is 2.31. The lowest BCUT2D eigenvalue weighted by molar-refractivity contribution is -0.137. The average Bonchev–Trinajstić information content (AvgIpc) is 2.47. The molecule has 0 aliphatic carbocycles. The smallest absolute Gasteiger partial charge is 0.416 e. The van der Waals surface area contributed by atoms with Gasteiger partial charge in [0.2, 0.25) is 0 Å². The fourth-order valence-corrected chi connectivity index (χ4v) is 2.10. The first-order valence-electron chi connectivity index (χ1n) is 6.90. The van der Waals surface area contributed by atoms with Crippen LogP contribution in [0.25, 0.3) is 0 Å². The molecule has 0 heterocycles. The lowest BCUT2D eigenvalue weighted by Gasteiger charge is -2.23. The first-order chi connectivity index (χ1) is 10.4. The predicted molar refractivity (Wildman–Crippen MR) is 79.8 cm³/mol. The van der Waals surface area contributed by atoms with Crippen LogP contribution in [-0.4, -0.2) is 25.5 Å². The molecule has 2 aromatic rings. The maximum Gasteiger partial charge on any atom is 0.416 e. The fourth-order valence-electron chi connectivity index (χ4n) is 2.10. The second kappa shape index (κ2) is 6.83. The summed E-state index contributed by atoms with van der Waals surface area (Å²) in [6.07, 6.45) is -4.57. The second-order valence-corrected chi connectivity index (χ2v) is 5.30. The number of ether oxygens (including phenoxy) is 1. The molecular weight excluding hydrogens is 291 g/mol. The molecule has 0 amide bonds. The van der Waals surface area contributed by atoms with Crippen molar-refractivity contribution < 1.29 is 17.9 Å². The highest BCUT2D eigenvalue weighted by atomic mass is 19.4. The average molecular weight is 309 g/mol. The molecule has 1 unspecified atom stereocenters. The zero-order valence-electron chi connectivity index (χ0n) is 12.5. The Morgan fingerprint density at radius 2 is 1.55 bits per heavy atom. The summed E-state index contributed by atoms with van der Waals surface area (Å²) >= 11 is 0.